The highest BCUT2D eigenvalue weighted by Gasteiger charge is 2.38. The average Bonchev–Trinajstić information content (AvgIpc) is 3.52. The number of methoxy groups -OCH3 is 1. The van der Waals surface area contributed by atoms with Crippen LogP contribution in [0.1, 0.15) is 43.7 Å². The van der Waals surface area contributed by atoms with E-state index in [9.17, 15) is 0 Å². The lowest BCUT2D eigenvalue weighted by Gasteiger charge is -2.44. The van der Waals surface area contributed by atoms with Crippen molar-refractivity contribution in [3.05, 3.63) is 5.69 Å². The van der Waals surface area contributed by atoms with Crippen molar-refractivity contribution in [1.82, 2.24) is 23.0 Å². The Balaban J connectivity index is 0.967. The molecule has 0 saturated carbocycles. The SMILES string of the molecule is COc1nsc(OCCCOCCCOCCCOc2nsnc2C2CN3CCC2CC3)n1. The van der Waals surface area contributed by atoms with Crippen molar-refractivity contribution >= 4 is 23.3 Å². The lowest BCUT2D eigenvalue weighted by atomic mass is 9.77. The zero-order valence-electron chi connectivity index (χ0n) is 19.1. The molecule has 5 heterocycles. The molecule has 1 unspecified atom stereocenters. The first kappa shape index (κ1) is 24.5. The van der Waals surface area contributed by atoms with Gasteiger partial charge in [-0.2, -0.15) is 4.37 Å². The van der Waals surface area contributed by atoms with Gasteiger partial charge in [0.05, 0.1) is 32.1 Å². The molecule has 0 radical (unpaired) electrons. The number of hydrogen-bond donors (Lipinski definition) is 0. The molecule has 3 aliphatic rings. The van der Waals surface area contributed by atoms with Gasteiger partial charge in [-0.05, 0) is 38.3 Å². The Labute approximate surface area is 203 Å². The Bertz CT molecular complexity index is 815. The molecule has 0 aromatic carbocycles. The van der Waals surface area contributed by atoms with Gasteiger partial charge in [-0.25, -0.2) is 0 Å². The number of piperidine rings is 3. The van der Waals surface area contributed by atoms with E-state index in [4.69, 9.17) is 23.7 Å². The van der Waals surface area contributed by atoms with Crippen LogP contribution in [0.4, 0.5) is 0 Å². The van der Waals surface area contributed by atoms with Gasteiger partial charge in [0.25, 0.3) is 5.19 Å². The number of nitrogens with zero attached hydrogens (tertiary/aromatic N) is 5. The van der Waals surface area contributed by atoms with Crippen molar-refractivity contribution in [3.63, 3.8) is 0 Å². The van der Waals surface area contributed by atoms with Gasteiger partial charge in [0.2, 0.25) is 5.88 Å². The highest BCUT2D eigenvalue weighted by atomic mass is 32.1. The minimum absolute atomic E-state index is 0.340. The van der Waals surface area contributed by atoms with Crippen molar-refractivity contribution in [2.75, 3.05) is 66.4 Å². The Morgan fingerprint density at radius 1 is 0.879 bits per heavy atom. The van der Waals surface area contributed by atoms with Crippen molar-refractivity contribution in [1.29, 1.82) is 0 Å². The first-order valence-corrected chi connectivity index (χ1v) is 13.2. The van der Waals surface area contributed by atoms with Crippen LogP contribution < -0.4 is 14.2 Å². The van der Waals surface area contributed by atoms with Crippen molar-refractivity contribution < 1.29 is 23.7 Å². The van der Waals surface area contributed by atoms with Crippen LogP contribution in [-0.2, 0) is 9.47 Å². The molecule has 2 aromatic heterocycles. The molecule has 5 rings (SSSR count). The third kappa shape index (κ3) is 7.44. The topological polar surface area (TPSA) is 101 Å². The molecule has 3 fully saturated rings. The summed E-state index contributed by atoms with van der Waals surface area (Å²) < 4.78 is 40.6. The largest absolute Gasteiger partial charge is 0.476 e. The van der Waals surface area contributed by atoms with Gasteiger partial charge in [-0.15, -0.1) is 13.7 Å². The molecule has 0 amide bonds. The summed E-state index contributed by atoms with van der Waals surface area (Å²) in [7, 11) is 1.53. The molecule has 3 saturated heterocycles. The maximum Gasteiger partial charge on any atom is 0.331 e. The normalized spacial score (nSPS) is 21.9. The van der Waals surface area contributed by atoms with Crippen molar-refractivity contribution in [3.8, 4) is 17.1 Å². The number of rotatable bonds is 16. The Morgan fingerprint density at radius 2 is 1.58 bits per heavy atom. The van der Waals surface area contributed by atoms with E-state index in [1.807, 2.05) is 0 Å². The summed E-state index contributed by atoms with van der Waals surface area (Å²) in [6, 6.07) is 0.340. The summed E-state index contributed by atoms with van der Waals surface area (Å²) in [5.41, 5.74) is 1.07. The van der Waals surface area contributed by atoms with Crippen LogP contribution in [0.25, 0.3) is 0 Å². The number of ether oxygens (including phenoxy) is 5. The van der Waals surface area contributed by atoms with Crippen LogP contribution in [0.15, 0.2) is 0 Å². The van der Waals surface area contributed by atoms with Crippen molar-refractivity contribution in [2.45, 2.75) is 38.0 Å². The maximum absolute atomic E-state index is 5.95. The summed E-state index contributed by atoms with van der Waals surface area (Å²) in [6.07, 6.45) is 5.05. The highest BCUT2D eigenvalue weighted by molar-refractivity contribution is 7.07. The molecule has 2 aromatic rings. The summed E-state index contributed by atoms with van der Waals surface area (Å²) in [5.74, 6) is 1.96. The minimum Gasteiger partial charge on any atom is -0.476 e. The zero-order chi connectivity index (χ0) is 22.7. The molecule has 0 spiro atoms. The second-order valence-corrected chi connectivity index (χ2v) is 9.47. The van der Waals surface area contributed by atoms with Gasteiger partial charge in [0, 0.05) is 63.3 Å². The van der Waals surface area contributed by atoms with Crippen molar-refractivity contribution in [2.24, 2.45) is 5.92 Å². The molecular weight excluding hydrogens is 466 g/mol. The summed E-state index contributed by atoms with van der Waals surface area (Å²) in [5, 5.41) is 0.519. The molecule has 10 nitrogen and oxygen atoms in total. The Morgan fingerprint density at radius 3 is 2.21 bits per heavy atom. The van der Waals surface area contributed by atoms with Gasteiger partial charge in [0.15, 0.2) is 0 Å². The average molecular weight is 500 g/mol. The highest BCUT2D eigenvalue weighted by Crippen LogP contribution is 2.41. The number of hydrogen-bond acceptors (Lipinski definition) is 12. The summed E-state index contributed by atoms with van der Waals surface area (Å²) in [4.78, 5) is 6.59. The lowest BCUT2D eigenvalue weighted by Crippen LogP contribution is -2.46. The quantitative estimate of drug-likeness (QED) is 0.320. The van der Waals surface area contributed by atoms with Crippen LogP contribution in [0.3, 0.4) is 0 Å². The molecule has 12 heteroatoms. The van der Waals surface area contributed by atoms with Gasteiger partial charge in [-0.1, -0.05) is 0 Å². The summed E-state index contributed by atoms with van der Waals surface area (Å²) >= 11 is 2.45. The predicted molar refractivity (Wildman–Crippen MR) is 125 cm³/mol. The second-order valence-electron chi connectivity index (χ2n) is 8.23. The third-order valence-corrected chi connectivity index (χ3v) is 7.11. The van der Waals surface area contributed by atoms with E-state index in [1.165, 1.54) is 56.3 Å². The third-order valence-electron chi connectivity index (χ3n) is 5.97. The van der Waals surface area contributed by atoms with Gasteiger partial charge < -0.3 is 28.6 Å². The van der Waals surface area contributed by atoms with E-state index < -0.39 is 0 Å². The minimum atomic E-state index is 0.340. The maximum atomic E-state index is 5.95. The summed E-state index contributed by atoms with van der Waals surface area (Å²) in [6.45, 7) is 7.39. The van der Waals surface area contributed by atoms with E-state index in [1.54, 1.807) is 0 Å². The van der Waals surface area contributed by atoms with Crippen LogP contribution in [0, 0.1) is 5.92 Å². The monoisotopic (exact) mass is 499 g/mol. The van der Waals surface area contributed by atoms with E-state index >= 15 is 0 Å². The molecule has 0 aliphatic carbocycles. The fraction of sp³-hybridized carbons (Fsp3) is 0.810. The molecule has 184 valence electrons. The van der Waals surface area contributed by atoms with Gasteiger partial charge in [-0.3, -0.25) is 0 Å². The lowest BCUT2D eigenvalue weighted by molar-refractivity contribution is 0.0719. The molecule has 3 aliphatic heterocycles. The smallest absolute Gasteiger partial charge is 0.331 e. The fourth-order valence-corrected chi connectivity index (χ4v) is 5.33. The predicted octanol–water partition coefficient (Wildman–Crippen LogP) is 2.87. The van der Waals surface area contributed by atoms with E-state index in [0.29, 0.717) is 56.8 Å². The molecule has 33 heavy (non-hydrogen) atoms. The fourth-order valence-electron chi connectivity index (χ4n) is 4.24. The van der Waals surface area contributed by atoms with Gasteiger partial charge >= 0.3 is 6.01 Å². The first-order valence-electron chi connectivity index (χ1n) is 11.7. The van der Waals surface area contributed by atoms with Crippen LogP contribution in [-0.4, -0.2) is 89.4 Å². The second kappa shape index (κ2) is 13.3. The standard InChI is InChI=1S/C21H33N5O5S2/c1-27-20-22-21(32-25-20)31-14-4-12-29-10-2-9-28-11-3-13-30-19-18(23-33-24-19)17-15-26-7-5-16(17)6-8-26/h16-17H,2-15H2,1H3. The molecule has 2 bridgehead atoms. The molecular formula is C21H33N5O5S2. The number of aromatic nitrogens is 4. The molecule has 1 atom stereocenters. The zero-order valence-corrected chi connectivity index (χ0v) is 20.8. The van der Waals surface area contributed by atoms with E-state index in [2.05, 4.69) is 23.0 Å². The van der Waals surface area contributed by atoms with Crippen LogP contribution in [0.2, 0.25) is 0 Å². The molecule has 0 N–H and O–H groups in total. The van der Waals surface area contributed by atoms with Crippen LogP contribution in [0.5, 0.6) is 17.1 Å². The van der Waals surface area contributed by atoms with Gasteiger partial charge in [0.1, 0.15) is 5.69 Å². The Hall–Kier alpha value is -1.60. The first-order chi connectivity index (χ1) is 16.3. The van der Waals surface area contributed by atoms with Crippen LogP contribution >= 0.6 is 23.3 Å². The van der Waals surface area contributed by atoms with E-state index in [-0.39, 0.29) is 0 Å². The number of fused-ring (bicyclic) bond motifs is 3. The Kier molecular flexibility index (Phi) is 9.90. The van der Waals surface area contributed by atoms with E-state index in [0.717, 1.165) is 43.3 Å².